The van der Waals surface area contributed by atoms with Crippen molar-refractivity contribution in [1.29, 1.82) is 0 Å². The van der Waals surface area contributed by atoms with Gasteiger partial charge in [-0.1, -0.05) is 17.1 Å². The molecule has 0 saturated carbocycles. The standard InChI is InChI=1S/C7H6N4O2/c8-7-9-5-3-1-2-4-6(5)10(12)11(7)13/h1-4H,(H2,8,9). The van der Waals surface area contributed by atoms with E-state index in [4.69, 9.17) is 5.73 Å². The molecule has 1 aromatic carbocycles. The van der Waals surface area contributed by atoms with E-state index >= 15 is 0 Å². The molecule has 2 rings (SSSR count). The molecule has 2 aromatic rings. The molecular formula is C7H6N4O2. The highest BCUT2D eigenvalue weighted by Crippen LogP contribution is 2.04. The zero-order valence-corrected chi connectivity index (χ0v) is 6.54. The maximum absolute atomic E-state index is 11.2. The number of hydrogen-bond acceptors (Lipinski definition) is 4. The Balaban J connectivity index is 2.94. The average molecular weight is 178 g/mol. The molecule has 6 nitrogen and oxygen atoms in total. The third-order valence-electron chi connectivity index (χ3n) is 1.68. The van der Waals surface area contributed by atoms with Crippen molar-refractivity contribution in [3.63, 3.8) is 0 Å². The Morgan fingerprint density at radius 1 is 1.15 bits per heavy atom. The van der Waals surface area contributed by atoms with Crippen LogP contribution >= 0.6 is 0 Å². The lowest BCUT2D eigenvalue weighted by atomic mass is 10.3. The van der Waals surface area contributed by atoms with Crippen molar-refractivity contribution < 1.29 is 9.69 Å². The highest BCUT2D eigenvalue weighted by atomic mass is 16.6. The number of benzene rings is 1. The number of nitrogens with two attached hydrogens (primary N) is 1. The quantitative estimate of drug-likeness (QED) is 0.417. The Bertz CT molecular complexity index is 471. The van der Waals surface area contributed by atoms with Crippen molar-refractivity contribution in [2.45, 2.75) is 0 Å². The van der Waals surface area contributed by atoms with Gasteiger partial charge in [-0.15, -0.1) is 0 Å². The summed E-state index contributed by atoms with van der Waals surface area (Å²) < 4.78 is 0. The van der Waals surface area contributed by atoms with Crippen molar-refractivity contribution >= 4 is 17.0 Å². The Kier molecular flexibility index (Phi) is 1.42. The molecule has 13 heavy (non-hydrogen) atoms. The molecule has 0 atom stereocenters. The molecule has 1 heterocycles. The number of aromatic nitrogens is 3. The van der Waals surface area contributed by atoms with Crippen LogP contribution in [0.1, 0.15) is 0 Å². The van der Waals surface area contributed by atoms with Gasteiger partial charge in [-0.2, -0.15) is 0 Å². The molecule has 0 bridgehead atoms. The lowest BCUT2D eigenvalue weighted by Crippen LogP contribution is -2.62. The fraction of sp³-hybridized carbons (Fsp3) is 0. The van der Waals surface area contributed by atoms with E-state index in [0.717, 1.165) is 0 Å². The summed E-state index contributed by atoms with van der Waals surface area (Å²) in [7, 11) is 0. The van der Waals surface area contributed by atoms with E-state index < -0.39 is 0 Å². The predicted molar refractivity (Wildman–Crippen MR) is 44.1 cm³/mol. The van der Waals surface area contributed by atoms with Gasteiger partial charge in [0.2, 0.25) is 5.52 Å². The first-order valence-corrected chi connectivity index (χ1v) is 3.58. The number of fused-ring (bicyclic) bond motifs is 1. The fourth-order valence-corrected chi connectivity index (χ4v) is 1.08. The number of hydrogen-bond donors (Lipinski definition) is 1. The van der Waals surface area contributed by atoms with Gasteiger partial charge in [0.15, 0.2) is 0 Å². The van der Waals surface area contributed by atoms with Crippen molar-refractivity contribution in [3.05, 3.63) is 34.7 Å². The second-order valence-corrected chi connectivity index (χ2v) is 2.50. The maximum Gasteiger partial charge on any atom is 0.446 e. The second kappa shape index (κ2) is 2.44. The zero-order chi connectivity index (χ0) is 9.42. The number of para-hydroxylation sites is 2. The third kappa shape index (κ3) is 0.994. The normalized spacial score (nSPS) is 10.5. The predicted octanol–water partition coefficient (Wildman–Crippen LogP) is -0.916. The molecule has 0 amide bonds. The topological polar surface area (TPSA) is 92.8 Å². The third-order valence-corrected chi connectivity index (χ3v) is 1.68. The van der Waals surface area contributed by atoms with Crippen molar-refractivity contribution in [3.8, 4) is 0 Å². The summed E-state index contributed by atoms with van der Waals surface area (Å²) in [5.74, 6) is -0.353. The smallest absolute Gasteiger partial charge is 0.446 e. The van der Waals surface area contributed by atoms with Crippen molar-refractivity contribution in [2.75, 3.05) is 5.73 Å². The van der Waals surface area contributed by atoms with Crippen LogP contribution in [-0.2, 0) is 0 Å². The number of nitrogens with zero attached hydrogens (tertiary/aromatic N) is 3. The van der Waals surface area contributed by atoms with Crippen LogP contribution in [0.15, 0.2) is 24.3 Å². The van der Waals surface area contributed by atoms with Gasteiger partial charge in [-0.25, -0.2) is 0 Å². The lowest BCUT2D eigenvalue weighted by molar-refractivity contribution is -1.17. The summed E-state index contributed by atoms with van der Waals surface area (Å²) in [6.45, 7) is 0. The van der Waals surface area contributed by atoms with Crippen LogP contribution in [0.3, 0.4) is 0 Å². The Morgan fingerprint density at radius 3 is 2.62 bits per heavy atom. The minimum Gasteiger partial charge on any atom is -0.688 e. The van der Waals surface area contributed by atoms with Crippen LogP contribution < -0.4 is 15.4 Å². The number of nitrogen functional groups attached to an aromatic ring is 1. The van der Waals surface area contributed by atoms with Gasteiger partial charge < -0.3 is 10.4 Å². The molecule has 66 valence electrons. The molecule has 1 aromatic heterocycles. The molecule has 6 heteroatoms. The minimum absolute atomic E-state index is 0.00231. The lowest BCUT2D eigenvalue weighted by Gasteiger charge is -2.05. The Hall–Kier alpha value is -2.11. The van der Waals surface area contributed by atoms with E-state index in [-0.39, 0.29) is 21.2 Å². The summed E-state index contributed by atoms with van der Waals surface area (Å²) in [5, 5.41) is 22.2. The van der Waals surface area contributed by atoms with Crippen LogP contribution in [0, 0.1) is 10.4 Å². The Labute approximate surface area is 73.0 Å². The highest BCUT2D eigenvalue weighted by Gasteiger charge is 2.15. The largest absolute Gasteiger partial charge is 0.688 e. The van der Waals surface area contributed by atoms with Crippen LogP contribution in [-0.4, -0.2) is 4.98 Å². The fourth-order valence-electron chi connectivity index (χ4n) is 1.08. The van der Waals surface area contributed by atoms with Gasteiger partial charge in [-0.05, 0) is 15.8 Å². The van der Waals surface area contributed by atoms with Gasteiger partial charge in [0.05, 0.1) is 0 Å². The molecule has 0 spiro atoms. The van der Waals surface area contributed by atoms with Crippen molar-refractivity contribution in [1.82, 2.24) is 4.98 Å². The van der Waals surface area contributed by atoms with E-state index in [2.05, 4.69) is 4.98 Å². The Morgan fingerprint density at radius 2 is 1.85 bits per heavy atom. The molecule has 2 N–H and O–H groups in total. The summed E-state index contributed by atoms with van der Waals surface area (Å²) in [4.78, 5) is 3.91. The molecular weight excluding hydrogens is 172 g/mol. The van der Waals surface area contributed by atoms with E-state index in [1.54, 1.807) is 18.2 Å². The maximum atomic E-state index is 11.2. The number of anilines is 1. The van der Waals surface area contributed by atoms with Crippen LogP contribution in [0.2, 0.25) is 0 Å². The first kappa shape index (κ1) is 7.53. The van der Waals surface area contributed by atoms with Gasteiger partial charge in [0.25, 0.3) is 5.52 Å². The van der Waals surface area contributed by atoms with Gasteiger partial charge in [-0.3, -0.25) is 5.73 Å². The first-order valence-electron chi connectivity index (χ1n) is 3.58. The molecule has 0 fully saturated rings. The highest BCUT2D eigenvalue weighted by molar-refractivity contribution is 5.70. The molecule has 0 saturated heterocycles. The summed E-state index contributed by atoms with van der Waals surface area (Å²) >= 11 is 0. The van der Waals surface area contributed by atoms with Crippen LogP contribution in [0.4, 0.5) is 5.95 Å². The molecule has 0 aliphatic carbocycles. The minimum atomic E-state index is -0.353. The molecule has 0 unspecified atom stereocenters. The number of rotatable bonds is 0. The van der Waals surface area contributed by atoms with Crippen LogP contribution in [0.25, 0.3) is 11.0 Å². The zero-order valence-electron chi connectivity index (χ0n) is 6.54. The van der Waals surface area contributed by atoms with Gasteiger partial charge in [0.1, 0.15) is 0 Å². The van der Waals surface area contributed by atoms with E-state index in [1.807, 2.05) is 0 Å². The summed E-state index contributed by atoms with van der Waals surface area (Å²) in [6, 6.07) is 6.47. The molecule has 0 aliphatic rings. The van der Waals surface area contributed by atoms with Gasteiger partial charge in [0, 0.05) is 6.07 Å². The van der Waals surface area contributed by atoms with E-state index in [9.17, 15) is 10.4 Å². The summed E-state index contributed by atoms with van der Waals surface area (Å²) in [6.07, 6.45) is 0. The molecule has 0 radical (unpaired) electrons. The van der Waals surface area contributed by atoms with Crippen molar-refractivity contribution in [2.24, 2.45) is 0 Å². The second-order valence-electron chi connectivity index (χ2n) is 2.50. The monoisotopic (exact) mass is 178 g/mol. The first-order chi connectivity index (χ1) is 6.20. The van der Waals surface area contributed by atoms with E-state index in [1.165, 1.54) is 6.07 Å². The van der Waals surface area contributed by atoms with Gasteiger partial charge >= 0.3 is 5.95 Å². The van der Waals surface area contributed by atoms with Crippen LogP contribution in [0.5, 0.6) is 0 Å². The SMILES string of the molecule is Nc1nc2ccccc2[n+]([O-])[n+]1[O-]. The molecule has 0 aliphatic heterocycles. The average Bonchev–Trinajstić information content (AvgIpc) is 2.15. The van der Waals surface area contributed by atoms with E-state index in [0.29, 0.717) is 5.52 Å². The summed E-state index contributed by atoms with van der Waals surface area (Å²) in [5.41, 5.74) is 5.81.